The molecule has 0 radical (unpaired) electrons. The van der Waals surface area contributed by atoms with Crippen molar-refractivity contribution in [2.75, 3.05) is 6.54 Å². The second-order valence-corrected chi connectivity index (χ2v) is 9.51. The van der Waals surface area contributed by atoms with E-state index in [0.717, 1.165) is 32.3 Å². The molecule has 2 heterocycles. The van der Waals surface area contributed by atoms with Gasteiger partial charge in [-0.3, -0.25) is 5.10 Å². The molecule has 0 aliphatic rings. The third-order valence-electron chi connectivity index (χ3n) is 4.60. The lowest BCUT2D eigenvalue weighted by Gasteiger charge is -2.13. The zero-order chi connectivity index (χ0) is 18.9. The minimum Gasteiger partial charge on any atom is -0.282 e. The second-order valence-electron chi connectivity index (χ2n) is 6.52. The van der Waals surface area contributed by atoms with Crippen molar-refractivity contribution in [2.24, 2.45) is 0 Å². The summed E-state index contributed by atoms with van der Waals surface area (Å²) in [4.78, 5) is 1.96. The van der Waals surface area contributed by atoms with Gasteiger partial charge in [0.05, 0.1) is 9.77 Å². The number of H-pyrrole nitrogens is 1. The molecule has 0 saturated carbocycles. The molecule has 2 aromatic heterocycles. The normalized spacial score (nSPS) is 13.1. The number of aromatic nitrogens is 2. The van der Waals surface area contributed by atoms with Crippen molar-refractivity contribution in [3.05, 3.63) is 58.1 Å². The van der Waals surface area contributed by atoms with Gasteiger partial charge in [-0.15, -0.1) is 11.3 Å². The lowest BCUT2D eigenvalue weighted by atomic mass is 10.0. The molecule has 26 heavy (non-hydrogen) atoms. The molecule has 1 aromatic carbocycles. The summed E-state index contributed by atoms with van der Waals surface area (Å²) in [6.45, 7) is 8.14. The Labute approximate surface area is 158 Å². The highest BCUT2D eigenvalue weighted by atomic mass is 32.2. The van der Waals surface area contributed by atoms with Gasteiger partial charge in [0, 0.05) is 17.1 Å². The van der Waals surface area contributed by atoms with Gasteiger partial charge in [0.25, 0.3) is 0 Å². The monoisotopic (exact) mass is 389 g/mol. The topological polar surface area (TPSA) is 74.8 Å². The fourth-order valence-electron chi connectivity index (χ4n) is 2.79. The average molecular weight is 390 g/mol. The summed E-state index contributed by atoms with van der Waals surface area (Å²) in [5, 5.41) is 7.26. The van der Waals surface area contributed by atoms with Crippen molar-refractivity contribution in [1.82, 2.24) is 14.9 Å². The van der Waals surface area contributed by atoms with Crippen LogP contribution < -0.4 is 4.72 Å². The number of benzene rings is 1. The van der Waals surface area contributed by atoms with Gasteiger partial charge in [-0.2, -0.15) is 5.10 Å². The molecule has 0 amide bonds. The number of aryl methyl sites for hydroxylation is 2. The van der Waals surface area contributed by atoms with Crippen LogP contribution in [0.25, 0.3) is 10.6 Å². The lowest BCUT2D eigenvalue weighted by Crippen LogP contribution is -2.27. The van der Waals surface area contributed by atoms with Crippen LogP contribution in [0.2, 0.25) is 0 Å². The Morgan fingerprint density at radius 3 is 2.50 bits per heavy atom. The van der Waals surface area contributed by atoms with E-state index in [-0.39, 0.29) is 5.92 Å². The summed E-state index contributed by atoms with van der Waals surface area (Å²) in [5.41, 5.74) is 3.96. The number of thiophene rings is 1. The molecule has 5 nitrogen and oxygen atoms in total. The standard InChI is InChI=1S/C19H23N3O2S2/c1-12(16-8-6-5-7-9-16)11-20-26(23,24)18-10-17(25-15(18)4)19-13(2)14(3)21-22-19/h5-10,12,20H,11H2,1-4H3,(H,21,22)/t12-/m1/s1. The van der Waals surface area contributed by atoms with Crippen LogP contribution in [-0.4, -0.2) is 25.2 Å². The van der Waals surface area contributed by atoms with Gasteiger partial charge in [0.1, 0.15) is 5.69 Å². The van der Waals surface area contributed by atoms with E-state index < -0.39 is 10.0 Å². The Bertz CT molecular complexity index is 1000. The molecule has 0 aliphatic carbocycles. The fraction of sp³-hybridized carbons (Fsp3) is 0.316. The van der Waals surface area contributed by atoms with Crippen LogP contribution in [0.5, 0.6) is 0 Å². The Morgan fingerprint density at radius 2 is 1.88 bits per heavy atom. The largest absolute Gasteiger partial charge is 0.282 e. The number of sulfonamides is 1. The molecule has 0 bridgehead atoms. The van der Waals surface area contributed by atoms with E-state index in [9.17, 15) is 8.42 Å². The van der Waals surface area contributed by atoms with Crippen molar-refractivity contribution in [2.45, 2.75) is 38.5 Å². The van der Waals surface area contributed by atoms with Gasteiger partial charge in [0.2, 0.25) is 10.0 Å². The summed E-state index contributed by atoms with van der Waals surface area (Å²) in [7, 11) is -3.56. The quantitative estimate of drug-likeness (QED) is 0.665. The minimum absolute atomic E-state index is 0.0978. The first-order valence-electron chi connectivity index (χ1n) is 8.46. The Balaban J connectivity index is 1.80. The maximum Gasteiger partial charge on any atom is 0.241 e. The molecule has 0 spiro atoms. The number of nitrogens with one attached hydrogen (secondary N) is 2. The number of hydrogen-bond donors (Lipinski definition) is 2. The highest BCUT2D eigenvalue weighted by Crippen LogP contribution is 2.34. The van der Waals surface area contributed by atoms with E-state index in [1.807, 2.05) is 58.0 Å². The Hall–Kier alpha value is -1.96. The Morgan fingerprint density at radius 1 is 1.19 bits per heavy atom. The molecule has 0 aliphatic heterocycles. The predicted molar refractivity (Wildman–Crippen MR) is 106 cm³/mol. The van der Waals surface area contributed by atoms with Gasteiger partial charge in [-0.1, -0.05) is 37.3 Å². The summed E-state index contributed by atoms with van der Waals surface area (Å²) in [6.07, 6.45) is 0. The van der Waals surface area contributed by atoms with E-state index in [2.05, 4.69) is 14.9 Å². The molecule has 3 aromatic rings. The van der Waals surface area contributed by atoms with Gasteiger partial charge in [-0.05, 0) is 43.9 Å². The SMILES string of the molecule is Cc1[nH]nc(-c2cc(S(=O)(=O)NC[C@@H](C)c3ccccc3)c(C)s2)c1C. The predicted octanol–water partition coefficient (Wildman–Crippen LogP) is 4.15. The van der Waals surface area contributed by atoms with E-state index in [1.165, 1.54) is 11.3 Å². The highest BCUT2D eigenvalue weighted by Gasteiger charge is 2.22. The summed E-state index contributed by atoms with van der Waals surface area (Å²) in [5.74, 6) is 0.0978. The maximum absolute atomic E-state index is 12.8. The number of hydrogen-bond acceptors (Lipinski definition) is 4. The zero-order valence-corrected chi connectivity index (χ0v) is 17.0. The maximum atomic E-state index is 12.8. The van der Waals surface area contributed by atoms with E-state index in [4.69, 9.17) is 0 Å². The van der Waals surface area contributed by atoms with Crippen LogP contribution in [0.1, 0.15) is 34.5 Å². The molecule has 0 fully saturated rings. The molecular weight excluding hydrogens is 366 g/mol. The fourth-order valence-corrected chi connectivity index (χ4v) is 5.55. The van der Waals surface area contributed by atoms with E-state index >= 15 is 0 Å². The van der Waals surface area contributed by atoms with Crippen molar-refractivity contribution in [1.29, 1.82) is 0 Å². The number of rotatable bonds is 6. The molecular formula is C19H23N3O2S2. The molecule has 7 heteroatoms. The average Bonchev–Trinajstić information content (AvgIpc) is 3.17. The summed E-state index contributed by atoms with van der Waals surface area (Å²) >= 11 is 1.45. The van der Waals surface area contributed by atoms with Gasteiger partial charge >= 0.3 is 0 Å². The summed E-state index contributed by atoms with van der Waals surface area (Å²) in [6, 6.07) is 11.6. The van der Waals surface area contributed by atoms with E-state index in [0.29, 0.717) is 11.4 Å². The van der Waals surface area contributed by atoms with Crippen LogP contribution in [0.3, 0.4) is 0 Å². The molecule has 138 valence electrons. The van der Waals surface area contributed by atoms with Crippen molar-refractivity contribution in [3.63, 3.8) is 0 Å². The first-order valence-corrected chi connectivity index (χ1v) is 10.8. The summed E-state index contributed by atoms with van der Waals surface area (Å²) < 4.78 is 28.3. The van der Waals surface area contributed by atoms with Crippen molar-refractivity contribution in [3.8, 4) is 10.6 Å². The number of aromatic amines is 1. The Kier molecular flexibility index (Phi) is 5.32. The van der Waals surface area contributed by atoms with Crippen molar-refractivity contribution >= 4 is 21.4 Å². The molecule has 2 N–H and O–H groups in total. The number of nitrogens with zero attached hydrogens (tertiary/aromatic N) is 1. The van der Waals surface area contributed by atoms with Crippen molar-refractivity contribution < 1.29 is 8.42 Å². The minimum atomic E-state index is -3.56. The zero-order valence-electron chi connectivity index (χ0n) is 15.3. The third-order valence-corrected chi connectivity index (χ3v) is 7.33. The smallest absolute Gasteiger partial charge is 0.241 e. The van der Waals surface area contributed by atoms with Crippen LogP contribution in [0.4, 0.5) is 0 Å². The molecule has 0 unspecified atom stereocenters. The first kappa shape index (κ1) is 18.8. The third kappa shape index (κ3) is 3.75. The van der Waals surface area contributed by atoms with Gasteiger partial charge < -0.3 is 0 Å². The second kappa shape index (κ2) is 7.34. The van der Waals surface area contributed by atoms with Crippen LogP contribution in [0.15, 0.2) is 41.3 Å². The molecule has 0 saturated heterocycles. The van der Waals surface area contributed by atoms with Gasteiger partial charge in [-0.25, -0.2) is 13.1 Å². The highest BCUT2D eigenvalue weighted by molar-refractivity contribution is 7.89. The molecule has 1 atom stereocenters. The van der Waals surface area contributed by atoms with E-state index in [1.54, 1.807) is 6.07 Å². The molecule has 3 rings (SSSR count). The van der Waals surface area contributed by atoms with Crippen LogP contribution in [-0.2, 0) is 10.0 Å². The van der Waals surface area contributed by atoms with Crippen LogP contribution >= 0.6 is 11.3 Å². The lowest BCUT2D eigenvalue weighted by molar-refractivity contribution is 0.575. The van der Waals surface area contributed by atoms with Gasteiger partial charge in [0.15, 0.2) is 0 Å². The van der Waals surface area contributed by atoms with Crippen LogP contribution in [0, 0.1) is 20.8 Å². The first-order chi connectivity index (χ1) is 12.3.